The first kappa shape index (κ1) is 15.6. The Hall–Kier alpha value is -1.50. The summed E-state index contributed by atoms with van der Waals surface area (Å²) in [6.45, 7) is 9.20. The average molecular weight is 258 g/mol. The minimum Gasteiger partial charge on any atom is -0.501 e. The van der Waals surface area contributed by atoms with Crippen LogP contribution in [-0.2, 0) is 11.2 Å². The summed E-state index contributed by atoms with van der Waals surface area (Å²) in [7, 11) is 0. The predicted molar refractivity (Wildman–Crippen MR) is 83.1 cm³/mol. The smallest absolute Gasteiger partial charge is 0.0910 e. The molecule has 0 aliphatic heterocycles. The van der Waals surface area contributed by atoms with Gasteiger partial charge in [-0.3, -0.25) is 0 Å². The highest BCUT2D eigenvalue weighted by molar-refractivity contribution is 5.16. The fourth-order valence-corrected chi connectivity index (χ4v) is 1.89. The molecule has 1 heteroatoms. The van der Waals surface area contributed by atoms with E-state index in [1.165, 1.54) is 16.7 Å². The lowest BCUT2D eigenvalue weighted by atomic mass is 10.0. The van der Waals surface area contributed by atoms with Crippen molar-refractivity contribution in [2.24, 2.45) is 0 Å². The van der Waals surface area contributed by atoms with Crippen LogP contribution in [0, 0.1) is 0 Å². The molecule has 0 N–H and O–H groups in total. The Morgan fingerprint density at radius 3 is 2.42 bits per heavy atom. The average Bonchev–Trinajstić information content (AvgIpc) is 2.46. The van der Waals surface area contributed by atoms with Crippen molar-refractivity contribution in [1.82, 2.24) is 0 Å². The molecule has 0 bridgehead atoms. The van der Waals surface area contributed by atoms with E-state index in [4.69, 9.17) is 4.74 Å². The quantitative estimate of drug-likeness (QED) is 0.332. The largest absolute Gasteiger partial charge is 0.501 e. The topological polar surface area (TPSA) is 9.23 Å². The number of ether oxygens (including phenoxy) is 1. The molecule has 0 aliphatic carbocycles. The van der Waals surface area contributed by atoms with Gasteiger partial charge in [0.1, 0.15) is 0 Å². The lowest BCUT2D eigenvalue weighted by molar-refractivity contribution is 0.248. The van der Waals surface area contributed by atoms with Crippen molar-refractivity contribution in [2.75, 3.05) is 6.61 Å². The molecule has 0 heterocycles. The van der Waals surface area contributed by atoms with Crippen LogP contribution in [0.15, 0.2) is 54.3 Å². The van der Waals surface area contributed by atoms with Crippen molar-refractivity contribution < 1.29 is 4.74 Å². The molecule has 19 heavy (non-hydrogen) atoms. The van der Waals surface area contributed by atoms with Gasteiger partial charge in [0.25, 0.3) is 0 Å². The van der Waals surface area contributed by atoms with E-state index in [-0.39, 0.29) is 0 Å². The number of aryl methyl sites for hydroxylation is 1. The molecule has 1 aromatic rings. The van der Waals surface area contributed by atoms with Gasteiger partial charge in [-0.2, -0.15) is 0 Å². The van der Waals surface area contributed by atoms with Gasteiger partial charge >= 0.3 is 0 Å². The Labute approximate surface area is 118 Å². The Morgan fingerprint density at radius 1 is 1.11 bits per heavy atom. The lowest BCUT2D eigenvalue weighted by Crippen LogP contribution is -1.94. The van der Waals surface area contributed by atoms with Gasteiger partial charge in [-0.1, -0.05) is 56.3 Å². The second kappa shape index (κ2) is 9.43. The number of hydrogen-bond acceptors (Lipinski definition) is 1. The minimum absolute atomic E-state index is 0.747. The van der Waals surface area contributed by atoms with Gasteiger partial charge in [0.2, 0.25) is 0 Å². The van der Waals surface area contributed by atoms with Gasteiger partial charge in [-0.05, 0) is 36.8 Å². The van der Waals surface area contributed by atoms with Crippen LogP contribution in [0.1, 0.15) is 45.1 Å². The molecule has 1 nitrogen and oxygen atoms in total. The zero-order valence-corrected chi connectivity index (χ0v) is 12.3. The van der Waals surface area contributed by atoms with E-state index in [1.807, 2.05) is 6.26 Å². The van der Waals surface area contributed by atoms with Gasteiger partial charge in [0.15, 0.2) is 0 Å². The molecule has 0 aromatic heterocycles. The zero-order chi connectivity index (χ0) is 13.9. The summed E-state index contributed by atoms with van der Waals surface area (Å²) in [4.78, 5) is 0. The first-order valence-electron chi connectivity index (χ1n) is 7.26. The Bertz CT molecular complexity index is 383. The summed E-state index contributed by atoms with van der Waals surface area (Å²) >= 11 is 0. The van der Waals surface area contributed by atoms with Crippen molar-refractivity contribution in [1.29, 1.82) is 0 Å². The van der Waals surface area contributed by atoms with E-state index in [9.17, 15) is 0 Å². The predicted octanol–water partition coefficient (Wildman–Crippen LogP) is 5.29. The molecule has 104 valence electrons. The molecule has 1 aromatic carbocycles. The number of rotatable bonds is 9. The molecule has 0 atom stereocenters. The van der Waals surface area contributed by atoms with Crippen molar-refractivity contribution in [3.05, 3.63) is 59.9 Å². The second-order valence-electron chi connectivity index (χ2n) is 4.84. The summed E-state index contributed by atoms with van der Waals surface area (Å²) in [5.41, 5.74) is 4.02. The van der Waals surface area contributed by atoms with Crippen LogP contribution >= 0.6 is 0 Å². The molecule has 0 saturated carbocycles. The molecule has 1 rings (SSSR count). The highest BCUT2D eigenvalue weighted by Crippen LogP contribution is 2.11. The molecule has 0 amide bonds. The third-order valence-corrected chi connectivity index (χ3v) is 3.34. The molecular weight excluding hydrogens is 232 g/mol. The van der Waals surface area contributed by atoms with Crippen molar-refractivity contribution in [3.8, 4) is 0 Å². The van der Waals surface area contributed by atoms with Gasteiger partial charge in [0, 0.05) is 6.42 Å². The maximum absolute atomic E-state index is 5.58. The fraction of sp³-hybridized carbons (Fsp3) is 0.444. The summed E-state index contributed by atoms with van der Waals surface area (Å²) in [5.74, 6) is 0. The minimum atomic E-state index is 0.747. The van der Waals surface area contributed by atoms with Crippen molar-refractivity contribution in [2.45, 2.75) is 46.0 Å². The van der Waals surface area contributed by atoms with E-state index in [0.717, 1.165) is 38.7 Å². The van der Waals surface area contributed by atoms with Crippen LogP contribution in [0.2, 0.25) is 0 Å². The van der Waals surface area contributed by atoms with Gasteiger partial charge in [-0.15, -0.1) is 0 Å². The van der Waals surface area contributed by atoms with Crippen LogP contribution in [0.25, 0.3) is 0 Å². The molecule has 0 spiro atoms. The third-order valence-electron chi connectivity index (χ3n) is 3.34. The normalized spacial score (nSPS) is 10.0. The van der Waals surface area contributed by atoms with E-state index in [0.29, 0.717) is 0 Å². The highest BCUT2D eigenvalue weighted by atomic mass is 16.5. The number of benzene rings is 1. The summed E-state index contributed by atoms with van der Waals surface area (Å²) < 4.78 is 5.58. The van der Waals surface area contributed by atoms with E-state index < -0.39 is 0 Å². The highest BCUT2D eigenvalue weighted by Gasteiger charge is 1.97. The molecule has 0 fully saturated rings. The van der Waals surface area contributed by atoms with E-state index in [2.05, 4.69) is 50.8 Å². The Balaban J connectivity index is 2.17. The Morgan fingerprint density at radius 2 is 1.79 bits per heavy atom. The molecule has 0 saturated heterocycles. The maximum atomic E-state index is 5.58. The fourth-order valence-electron chi connectivity index (χ4n) is 1.89. The molecule has 0 unspecified atom stereocenters. The van der Waals surface area contributed by atoms with Crippen LogP contribution in [-0.4, -0.2) is 6.61 Å². The van der Waals surface area contributed by atoms with Gasteiger partial charge < -0.3 is 4.74 Å². The van der Waals surface area contributed by atoms with Crippen LogP contribution in [0.3, 0.4) is 0 Å². The molecule has 0 radical (unpaired) electrons. The molecule has 0 aliphatic rings. The van der Waals surface area contributed by atoms with Gasteiger partial charge in [0.05, 0.1) is 12.9 Å². The lowest BCUT2D eigenvalue weighted by Gasteiger charge is -2.07. The zero-order valence-electron chi connectivity index (χ0n) is 12.3. The third kappa shape index (κ3) is 6.85. The second-order valence-corrected chi connectivity index (χ2v) is 4.84. The Kier molecular flexibility index (Phi) is 7.72. The van der Waals surface area contributed by atoms with Crippen LogP contribution < -0.4 is 0 Å². The van der Waals surface area contributed by atoms with Crippen LogP contribution in [0.4, 0.5) is 0 Å². The monoisotopic (exact) mass is 258 g/mol. The maximum Gasteiger partial charge on any atom is 0.0910 e. The summed E-state index contributed by atoms with van der Waals surface area (Å²) in [6.07, 6.45) is 7.14. The molecular formula is C18H26O. The number of allylic oxidation sites excluding steroid dienone is 1. The van der Waals surface area contributed by atoms with Crippen molar-refractivity contribution >= 4 is 0 Å². The van der Waals surface area contributed by atoms with E-state index >= 15 is 0 Å². The van der Waals surface area contributed by atoms with Gasteiger partial charge in [-0.25, -0.2) is 0 Å². The first-order chi connectivity index (χ1) is 9.26. The van der Waals surface area contributed by atoms with Crippen LogP contribution in [0.5, 0.6) is 0 Å². The summed E-state index contributed by atoms with van der Waals surface area (Å²) in [5, 5.41) is 0. The SMILES string of the molecule is C=C(CCOC=C(CC)CC)CCc1ccccc1. The number of hydrogen-bond donors (Lipinski definition) is 0. The standard InChI is InChI=1S/C18H26O/c1-4-17(5-2)15-19-14-13-16(3)11-12-18-9-7-6-8-10-18/h6-10,15H,3-5,11-14H2,1-2H3. The first-order valence-corrected chi connectivity index (χ1v) is 7.26. The summed E-state index contributed by atoms with van der Waals surface area (Å²) in [6, 6.07) is 10.6. The van der Waals surface area contributed by atoms with E-state index in [1.54, 1.807) is 0 Å². The van der Waals surface area contributed by atoms with Crippen molar-refractivity contribution in [3.63, 3.8) is 0 Å².